The average molecular weight is 280 g/mol. The van der Waals surface area contributed by atoms with Crippen molar-refractivity contribution in [1.82, 2.24) is 0 Å². The Balaban J connectivity index is -0.000000143. The van der Waals surface area contributed by atoms with E-state index in [0.29, 0.717) is 0 Å². The van der Waals surface area contributed by atoms with E-state index < -0.39 is 11.9 Å². The van der Waals surface area contributed by atoms with Crippen molar-refractivity contribution in [2.45, 2.75) is 12.8 Å². The molecule has 0 heterocycles. The fourth-order valence-corrected chi connectivity index (χ4v) is 0.463. The van der Waals surface area contributed by atoms with Crippen LogP contribution in [0.3, 0.4) is 0 Å². The van der Waals surface area contributed by atoms with Gasteiger partial charge >= 0.3 is 19.5 Å². The van der Waals surface area contributed by atoms with Crippen LogP contribution in [0.2, 0.25) is 0 Å². The van der Waals surface area contributed by atoms with Crippen LogP contribution in [-0.2, 0) is 29.1 Å². The van der Waals surface area contributed by atoms with Crippen molar-refractivity contribution in [2.75, 3.05) is 11.8 Å². The van der Waals surface area contributed by atoms with Gasteiger partial charge in [0.05, 0.1) is 0 Å². The van der Waals surface area contributed by atoms with Gasteiger partial charge in [-0.25, -0.2) is 0 Å². The molecule has 7 heteroatoms. The third-order valence-electron chi connectivity index (χ3n) is 0.597. The van der Waals surface area contributed by atoms with Crippen LogP contribution < -0.4 is 10.2 Å². The quantitative estimate of drug-likeness (QED) is 0.475. The average Bonchev–Trinajstić information content (AvgIpc) is 1.87. The first-order valence-electron chi connectivity index (χ1n) is 3.06. The Kier molecular flexibility index (Phi) is 21.2. The van der Waals surface area contributed by atoms with Crippen LogP contribution in [0.25, 0.3) is 0 Å². The molecule has 0 amide bonds. The second-order valence-electron chi connectivity index (χ2n) is 1.62. The molecule has 0 atom stereocenters. The molecule has 4 nitrogen and oxygen atoms in total. The maximum atomic E-state index is 9.40. The molecule has 0 aliphatic rings. The van der Waals surface area contributed by atoms with Gasteiger partial charge in [0.1, 0.15) is 0 Å². The van der Waals surface area contributed by atoms with E-state index in [-0.39, 0.29) is 44.1 Å². The summed E-state index contributed by atoms with van der Waals surface area (Å²) in [6.07, 6.45) is -0.108. The van der Waals surface area contributed by atoms with Gasteiger partial charge in [0, 0.05) is 36.5 Å². The van der Waals surface area contributed by atoms with Gasteiger partial charge in [-0.1, -0.05) is 0 Å². The number of hydrogen-bond acceptors (Lipinski definition) is 4. The maximum Gasteiger partial charge on any atom is 2.00 e. The molecule has 0 spiro atoms. The van der Waals surface area contributed by atoms with Crippen LogP contribution in [0.1, 0.15) is 12.8 Å². The summed E-state index contributed by atoms with van der Waals surface area (Å²) < 4.78 is 0. The Morgan fingerprint density at radius 2 is 1.15 bits per heavy atom. The van der Waals surface area contributed by atoms with Crippen molar-refractivity contribution < 1.29 is 39.3 Å². The van der Waals surface area contributed by atoms with Crippen LogP contribution in [0.4, 0.5) is 0 Å². The number of carboxylic acid groups (broad SMARTS) is 2. The predicted molar refractivity (Wildman–Crippen MR) is 40.7 cm³/mol. The molecule has 13 heavy (non-hydrogen) atoms. The first-order chi connectivity index (χ1) is 5.54. The van der Waals surface area contributed by atoms with Crippen LogP contribution in [0.15, 0.2) is 0 Å². The van der Waals surface area contributed by atoms with Crippen molar-refractivity contribution >= 4 is 35.1 Å². The molecular weight excluding hydrogens is 272 g/mol. The fraction of sp³-hybridized carbons (Fsp3) is 0.667. The van der Waals surface area contributed by atoms with E-state index in [4.69, 9.17) is 23.2 Å². The number of carboxylic acids is 2. The summed E-state index contributed by atoms with van der Waals surface area (Å²) in [5.41, 5.74) is 0. The Morgan fingerprint density at radius 1 is 0.923 bits per heavy atom. The number of hydrogen-bond donors (Lipinski definition) is 0. The molecule has 0 aliphatic carbocycles. The van der Waals surface area contributed by atoms with Crippen molar-refractivity contribution in [3.8, 4) is 0 Å². The fourth-order valence-electron chi connectivity index (χ4n) is 0.154. The summed E-state index contributed by atoms with van der Waals surface area (Å²) in [5.74, 6) is -1.90. The van der Waals surface area contributed by atoms with Crippen LogP contribution in [-0.4, -0.2) is 23.7 Å². The van der Waals surface area contributed by atoms with E-state index in [0.717, 1.165) is 0 Å². The van der Waals surface area contributed by atoms with E-state index >= 15 is 0 Å². The molecule has 0 rings (SSSR count). The second kappa shape index (κ2) is 14.7. The van der Waals surface area contributed by atoms with Gasteiger partial charge in [0.2, 0.25) is 0 Å². The van der Waals surface area contributed by atoms with Gasteiger partial charge in [-0.3, -0.25) is 0 Å². The minimum Gasteiger partial charge on any atom is -0.550 e. The predicted octanol–water partition coefficient (Wildman–Crippen LogP) is -1.27. The van der Waals surface area contributed by atoms with Gasteiger partial charge < -0.3 is 19.8 Å². The molecule has 0 aromatic carbocycles. The van der Waals surface area contributed by atoms with E-state index in [1.54, 1.807) is 0 Å². The number of rotatable bonds is 4. The number of aliphatic carboxylic acids is 2. The molecule has 0 unspecified atom stereocenters. The molecule has 0 saturated carbocycles. The van der Waals surface area contributed by atoms with E-state index in [9.17, 15) is 19.8 Å². The van der Waals surface area contributed by atoms with Crippen LogP contribution in [0.5, 0.6) is 0 Å². The number of alkyl halides is 2. The van der Waals surface area contributed by atoms with Crippen molar-refractivity contribution in [3.05, 3.63) is 0 Å². The normalized spacial score (nSPS) is 7.54. The summed E-state index contributed by atoms with van der Waals surface area (Å²) >= 11 is 9.95. The summed E-state index contributed by atoms with van der Waals surface area (Å²) in [6, 6.07) is 0. The topological polar surface area (TPSA) is 80.3 Å². The minimum atomic E-state index is -1.09. The summed E-state index contributed by atoms with van der Waals surface area (Å²) in [7, 11) is 0. The van der Waals surface area contributed by atoms with Crippen LogP contribution >= 0.6 is 23.2 Å². The van der Waals surface area contributed by atoms with Crippen molar-refractivity contribution in [3.63, 3.8) is 0 Å². The van der Waals surface area contributed by atoms with Gasteiger partial charge in [-0.2, -0.15) is 0 Å². The maximum absolute atomic E-state index is 9.40. The van der Waals surface area contributed by atoms with Crippen molar-refractivity contribution in [1.29, 1.82) is 0 Å². The molecule has 0 fully saturated rings. The smallest absolute Gasteiger partial charge is 0.550 e. The molecule has 0 radical (unpaired) electrons. The minimum absolute atomic E-state index is 0. The third kappa shape index (κ3) is 33.1. The third-order valence-corrected chi connectivity index (χ3v) is 0.975. The van der Waals surface area contributed by atoms with E-state index in [1.165, 1.54) is 0 Å². The standard InChI is InChI=1S/2C3H5ClO2.Zn/c2*4-2-1-3(5)6;/h2*1-2H2,(H,5,6);/q;;+2/p-2. The second-order valence-corrected chi connectivity index (χ2v) is 2.38. The molecule has 0 saturated heterocycles. The SMILES string of the molecule is O=C([O-])CCCl.O=C([O-])CCCl.[Zn+2]. The van der Waals surface area contributed by atoms with Crippen LogP contribution in [0, 0.1) is 0 Å². The zero-order valence-electron chi connectivity index (χ0n) is 6.92. The van der Waals surface area contributed by atoms with Crippen molar-refractivity contribution in [2.24, 2.45) is 0 Å². The van der Waals surface area contributed by atoms with Gasteiger partial charge in [-0.15, -0.1) is 23.2 Å². The Hall–Kier alpha value is 0.143. The zero-order valence-corrected chi connectivity index (χ0v) is 11.4. The number of halogens is 2. The Morgan fingerprint density at radius 3 is 1.15 bits per heavy atom. The Bertz CT molecular complexity index is 127. The summed E-state index contributed by atoms with van der Waals surface area (Å²) in [4.78, 5) is 18.8. The molecule has 0 aromatic heterocycles. The first kappa shape index (κ1) is 18.8. The largest absolute Gasteiger partial charge is 2.00 e. The van der Waals surface area contributed by atoms with E-state index in [1.807, 2.05) is 0 Å². The molecule has 0 bridgehead atoms. The molecule has 72 valence electrons. The van der Waals surface area contributed by atoms with E-state index in [2.05, 4.69) is 0 Å². The summed E-state index contributed by atoms with van der Waals surface area (Å²) in [6.45, 7) is 0. The molecular formula is C6H8Cl2O4Zn. The molecule has 0 N–H and O–H groups in total. The Labute approximate surface area is 99.0 Å². The van der Waals surface area contributed by atoms with Gasteiger partial charge in [-0.05, 0) is 0 Å². The summed E-state index contributed by atoms with van der Waals surface area (Å²) in [5, 5.41) is 18.8. The van der Waals surface area contributed by atoms with Gasteiger partial charge in [0.25, 0.3) is 0 Å². The molecule has 0 aromatic rings. The molecule has 0 aliphatic heterocycles. The number of carbonyl (C=O) groups excluding carboxylic acids is 2. The van der Waals surface area contributed by atoms with Gasteiger partial charge in [0.15, 0.2) is 0 Å². The first-order valence-corrected chi connectivity index (χ1v) is 4.13. The monoisotopic (exact) mass is 278 g/mol. The zero-order chi connectivity index (χ0) is 9.98. The number of carbonyl (C=O) groups is 2.